The van der Waals surface area contributed by atoms with E-state index in [4.69, 9.17) is 5.11 Å². The molecule has 0 atom stereocenters. The van der Waals surface area contributed by atoms with E-state index >= 15 is 0 Å². The van der Waals surface area contributed by atoms with Crippen molar-refractivity contribution in [2.24, 2.45) is 7.05 Å². The van der Waals surface area contributed by atoms with Gasteiger partial charge in [-0.1, -0.05) is 0 Å². The van der Waals surface area contributed by atoms with Gasteiger partial charge in [0.25, 0.3) is 5.56 Å². The van der Waals surface area contributed by atoms with Gasteiger partial charge >= 0.3 is 5.97 Å². The van der Waals surface area contributed by atoms with E-state index < -0.39 is 5.97 Å². The smallest absolute Gasteiger partial charge is 0.338 e. The van der Waals surface area contributed by atoms with Crippen LogP contribution in [0.2, 0.25) is 0 Å². The first-order chi connectivity index (χ1) is 7.02. The predicted molar refractivity (Wildman–Crippen MR) is 55.2 cm³/mol. The standard InChI is InChI=1S/C10H10N2O3/c1-5-7(10(14)15)6-3-4-12(2)9(13)8(6)11-5/h3-4,11H,1-2H3,(H,14,15). The van der Waals surface area contributed by atoms with Crippen LogP contribution in [0.15, 0.2) is 17.1 Å². The maximum Gasteiger partial charge on any atom is 0.338 e. The molecule has 0 aliphatic heterocycles. The highest BCUT2D eigenvalue weighted by Gasteiger charge is 2.16. The molecule has 0 spiro atoms. The molecule has 2 aromatic heterocycles. The van der Waals surface area contributed by atoms with Crippen molar-refractivity contribution in [1.29, 1.82) is 0 Å². The third-order valence-corrected chi connectivity index (χ3v) is 2.44. The molecule has 5 nitrogen and oxygen atoms in total. The topological polar surface area (TPSA) is 75.1 Å². The number of rotatable bonds is 1. The van der Waals surface area contributed by atoms with Crippen molar-refractivity contribution >= 4 is 16.9 Å². The quantitative estimate of drug-likeness (QED) is 0.727. The number of carboxylic acids is 1. The number of nitrogens with zero attached hydrogens (tertiary/aromatic N) is 1. The Bertz CT molecular complexity index is 607. The molecule has 0 aromatic carbocycles. The number of aromatic amines is 1. The van der Waals surface area contributed by atoms with Crippen LogP contribution in [0.25, 0.3) is 10.9 Å². The number of hydrogen-bond donors (Lipinski definition) is 2. The van der Waals surface area contributed by atoms with Crippen LogP contribution in [0.4, 0.5) is 0 Å². The molecule has 0 amide bonds. The molecule has 0 unspecified atom stereocenters. The lowest BCUT2D eigenvalue weighted by molar-refractivity contribution is 0.0698. The molecule has 0 radical (unpaired) electrons. The van der Waals surface area contributed by atoms with Crippen LogP contribution in [0.1, 0.15) is 16.1 Å². The number of aromatic carboxylic acids is 1. The number of nitrogens with one attached hydrogen (secondary N) is 1. The lowest BCUT2D eigenvalue weighted by Crippen LogP contribution is -2.15. The van der Waals surface area contributed by atoms with Crippen LogP contribution in [0.5, 0.6) is 0 Å². The molecule has 5 heteroatoms. The molecule has 2 N–H and O–H groups in total. The summed E-state index contributed by atoms with van der Waals surface area (Å²) < 4.78 is 1.41. The fourth-order valence-electron chi connectivity index (χ4n) is 1.69. The molecule has 0 aliphatic carbocycles. The number of pyridine rings is 1. The zero-order valence-corrected chi connectivity index (χ0v) is 8.37. The van der Waals surface area contributed by atoms with Crippen molar-refractivity contribution in [1.82, 2.24) is 9.55 Å². The van der Waals surface area contributed by atoms with Gasteiger partial charge in [0.15, 0.2) is 0 Å². The zero-order chi connectivity index (χ0) is 11.2. The van der Waals surface area contributed by atoms with E-state index in [2.05, 4.69) is 4.98 Å². The van der Waals surface area contributed by atoms with Gasteiger partial charge in [0, 0.05) is 24.3 Å². The number of hydrogen-bond acceptors (Lipinski definition) is 2. The molecule has 15 heavy (non-hydrogen) atoms. The Labute approximate surface area is 85.0 Å². The minimum absolute atomic E-state index is 0.169. The fraction of sp³-hybridized carbons (Fsp3) is 0.200. The summed E-state index contributed by atoms with van der Waals surface area (Å²) in [6.45, 7) is 1.64. The van der Waals surface area contributed by atoms with E-state index in [1.54, 1.807) is 26.2 Å². The lowest BCUT2D eigenvalue weighted by atomic mass is 10.1. The molecule has 2 aromatic rings. The number of carbonyl (C=O) groups is 1. The van der Waals surface area contributed by atoms with Gasteiger partial charge in [0.2, 0.25) is 0 Å². The van der Waals surface area contributed by atoms with Crippen molar-refractivity contribution < 1.29 is 9.90 Å². The van der Waals surface area contributed by atoms with Gasteiger partial charge in [-0.25, -0.2) is 4.79 Å². The van der Waals surface area contributed by atoms with E-state index in [9.17, 15) is 9.59 Å². The number of aryl methyl sites for hydroxylation is 2. The molecule has 0 aliphatic rings. The maximum absolute atomic E-state index is 11.7. The largest absolute Gasteiger partial charge is 0.478 e. The summed E-state index contributed by atoms with van der Waals surface area (Å²) in [5.41, 5.74) is 0.793. The highest BCUT2D eigenvalue weighted by molar-refractivity contribution is 6.04. The van der Waals surface area contributed by atoms with E-state index in [1.807, 2.05) is 0 Å². The first-order valence-electron chi connectivity index (χ1n) is 4.43. The molecular weight excluding hydrogens is 196 g/mol. The minimum Gasteiger partial charge on any atom is -0.478 e. The summed E-state index contributed by atoms with van der Waals surface area (Å²) in [5.74, 6) is -1.02. The second-order valence-corrected chi connectivity index (χ2v) is 3.45. The van der Waals surface area contributed by atoms with Gasteiger partial charge in [-0.3, -0.25) is 4.79 Å². The Morgan fingerprint density at radius 2 is 2.20 bits per heavy atom. The average molecular weight is 206 g/mol. The summed E-state index contributed by atoms with van der Waals surface area (Å²) >= 11 is 0. The SMILES string of the molecule is Cc1[nH]c2c(=O)n(C)ccc2c1C(=O)O. The summed E-state index contributed by atoms with van der Waals surface area (Å²) in [6, 6.07) is 1.63. The Balaban J connectivity index is 2.98. The second-order valence-electron chi connectivity index (χ2n) is 3.45. The summed E-state index contributed by atoms with van der Waals surface area (Å²) in [5, 5.41) is 9.45. The number of carboxylic acid groups (broad SMARTS) is 1. The van der Waals surface area contributed by atoms with E-state index in [0.29, 0.717) is 16.6 Å². The van der Waals surface area contributed by atoms with E-state index in [0.717, 1.165) is 0 Å². The Hall–Kier alpha value is -2.04. The molecule has 2 heterocycles. The maximum atomic E-state index is 11.7. The Morgan fingerprint density at radius 1 is 1.53 bits per heavy atom. The predicted octanol–water partition coefficient (Wildman–Crippen LogP) is 0.873. The van der Waals surface area contributed by atoms with Crippen molar-refractivity contribution in [2.45, 2.75) is 6.92 Å². The van der Waals surface area contributed by atoms with Crippen LogP contribution in [-0.2, 0) is 7.05 Å². The van der Waals surface area contributed by atoms with Crippen LogP contribution < -0.4 is 5.56 Å². The molecule has 0 fully saturated rings. The van der Waals surface area contributed by atoms with Gasteiger partial charge in [-0.15, -0.1) is 0 Å². The molecule has 0 bridgehead atoms. The van der Waals surface area contributed by atoms with Gasteiger partial charge in [-0.2, -0.15) is 0 Å². The summed E-state index contributed by atoms with van der Waals surface area (Å²) in [7, 11) is 1.62. The van der Waals surface area contributed by atoms with Crippen LogP contribution >= 0.6 is 0 Å². The Kier molecular flexibility index (Phi) is 1.89. The minimum atomic E-state index is -1.02. The van der Waals surface area contributed by atoms with Crippen LogP contribution in [0.3, 0.4) is 0 Å². The molecular formula is C10H10N2O3. The van der Waals surface area contributed by atoms with Crippen molar-refractivity contribution in [3.05, 3.63) is 33.9 Å². The molecule has 78 valence electrons. The first kappa shape index (κ1) is 9.51. The van der Waals surface area contributed by atoms with Gasteiger partial charge in [0.05, 0.1) is 5.56 Å². The lowest BCUT2D eigenvalue weighted by Gasteiger charge is -1.96. The molecule has 0 saturated carbocycles. The molecule has 2 rings (SSSR count). The monoisotopic (exact) mass is 206 g/mol. The van der Waals surface area contributed by atoms with Gasteiger partial charge < -0.3 is 14.7 Å². The third kappa shape index (κ3) is 1.24. The van der Waals surface area contributed by atoms with Gasteiger partial charge in [-0.05, 0) is 13.0 Å². The number of H-pyrrole nitrogens is 1. The number of fused-ring (bicyclic) bond motifs is 1. The summed E-state index contributed by atoms with van der Waals surface area (Å²) in [6.07, 6.45) is 1.56. The summed E-state index contributed by atoms with van der Waals surface area (Å²) in [4.78, 5) is 25.4. The van der Waals surface area contributed by atoms with Crippen LogP contribution in [0, 0.1) is 6.92 Å². The first-order valence-corrected chi connectivity index (χ1v) is 4.43. The second kappa shape index (κ2) is 2.98. The van der Waals surface area contributed by atoms with Crippen molar-refractivity contribution in [3.8, 4) is 0 Å². The fourth-order valence-corrected chi connectivity index (χ4v) is 1.69. The highest BCUT2D eigenvalue weighted by atomic mass is 16.4. The highest BCUT2D eigenvalue weighted by Crippen LogP contribution is 2.18. The molecule has 0 saturated heterocycles. The Morgan fingerprint density at radius 3 is 2.80 bits per heavy atom. The van der Waals surface area contributed by atoms with E-state index in [-0.39, 0.29) is 11.1 Å². The van der Waals surface area contributed by atoms with Crippen molar-refractivity contribution in [2.75, 3.05) is 0 Å². The average Bonchev–Trinajstić information content (AvgIpc) is 2.49. The third-order valence-electron chi connectivity index (χ3n) is 2.44. The van der Waals surface area contributed by atoms with Gasteiger partial charge in [0.1, 0.15) is 5.52 Å². The van der Waals surface area contributed by atoms with Crippen LogP contribution in [-0.4, -0.2) is 20.6 Å². The number of aromatic nitrogens is 2. The van der Waals surface area contributed by atoms with Crippen molar-refractivity contribution in [3.63, 3.8) is 0 Å². The van der Waals surface area contributed by atoms with E-state index in [1.165, 1.54) is 4.57 Å². The normalized spacial score (nSPS) is 10.8. The zero-order valence-electron chi connectivity index (χ0n) is 8.37.